The van der Waals surface area contributed by atoms with E-state index in [-0.39, 0.29) is 24.0 Å². The zero-order valence-corrected chi connectivity index (χ0v) is 14.1. The van der Waals surface area contributed by atoms with Gasteiger partial charge in [0, 0.05) is 38.5 Å². The van der Waals surface area contributed by atoms with Crippen molar-refractivity contribution in [2.45, 2.75) is 64.1 Å². The molecule has 2 atom stereocenters. The molecule has 1 amide bonds. The fourth-order valence-corrected chi connectivity index (χ4v) is 3.61. The summed E-state index contributed by atoms with van der Waals surface area (Å²) in [6, 6.07) is 0.334. The summed E-state index contributed by atoms with van der Waals surface area (Å²) >= 11 is 0. The maximum absolute atomic E-state index is 11.5. The molecular weight excluding hydrogens is 296 g/mol. The lowest BCUT2D eigenvalue weighted by Gasteiger charge is -2.38. The molecule has 7 nitrogen and oxygen atoms in total. The van der Waals surface area contributed by atoms with Crippen LogP contribution < -0.4 is 0 Å². The number of aliphatic hydroxyl groups is 1. The van der Waals surface area contributed by atoms with Crippen LogP contribution in [0.1, 0.15) is 63.7 Å². The number of carbonyl (C=O) groups excluding carboxylic acids is 1. The number of carbonyl (C=O) groups is 1. The average molecular weight is 322 g/mol. The van der Waals surface area contributed by atoms with Gasteiger partial charge in [0.25, 0.3) is 0 Å². The summed E-state index contributed by atoms with van der Waals surface area (Å²) in [5, 5.41) is 14.2. The van der Waals surface area contributed by atoms with Crippen molar-refractivity contribution in [2.75, 3.05) is 19.6 Å². The predicted molar refractivity (Wildman–Crippen MR) is 83.7 cm³/mol. The predicted octanol–water partition coefficient (Wildman–Crippen LogP) is 1.31. The van der Waals surface area contributed by atoms with Crippen molar-refractivity contribution in [2.24, 2.45) is 0 Å². The zero-order chi connectivity index (χ0) is 16.6. The normalized spacial score (nSPS) is 27.1. The van der Waals surface area contributed by atoms with Gasteiger partial charge in [0.15, 0.2) is 5.82 Å². The molecule has 0 spiro atoms. The molecule has 2 aliphatic heterocycles. The summed E-state index contributed by atoms with van der Waals surface area (Å²) in [7, 11) is 0. The Hall–Kier alpha value is -1.47. The van der Waals surface area contributed by atoms with Gasteiger partial charge in [-0.3, -0.25) is 9.69 Å². The molecule has 1 aromatic rings. The highest BCUT2D eigenvalue weighted by Crippen LogP contribution is 2.36. The van der Waals surface area contributed by atoms with Crippen LogP contribution in [-0.4, -0.2) is 62.7 Å². The van der Waals surface area contributed by atoms with E-state index in [0.717, 1.165) is 25.9 Å². The van der Waals surface area contributed by atoms with E-state index in [1.54, 1.807) is 6.92 Å². The van der Waals surface area contributed by atoms with E-state index in [1.807, 2.05) is 18.7 Å². The molecule has 1 aromatic heterocycles. The molecule has 2 saturated heterocycles. The minimum Gasteiger partial charge on any atom is -0.392 e. The number of aromatic nitrogens is 2. The Balaban J connectivity index is 1.71. The van der Waals surface area contributed by atoms with Crippen LogP contribution in [0.2, 0.25) is 0 Å². The van der Waals surface area contributed by atoms with Crippen LogP contribution in [0.4, 0.5) is 0 Å². The van der Waals surface area contributed by atoms with Crippen LogP contribution in [0.15, 0.2) is 4.52 Å². The first-order valence-electron chi connectivity index (χ1n) is 8.48. The lowest BCUT2D eigenvalue weighted by Crippen LogP contribution is -2.46. The first kappa shape index (κ1) is 16.4. The van der Waals surface area contributed by atoms with Gasteiger partial charge in [-0.25, -0.2) is 0 Å². The number of β-amino-alcohol motifs (C(OH)–C–C–N with tert-alkyl or cyclic N) is 1. The molecule has 0 aromatic carbocycles. The monoisotopic (exact) mass is 322 g/mol. The molecule has 7 heteroatoms. The maximum atomic E-state index is 11.5. The van der Waals surface area contributed by atoms with Crippen molar-refractivity contribution >= 4 is 5.91 Å². The molecule has 0 radical (unpaired) electrons. The van der Waals surface area contributed by atoms with E-state index in [9.17, 15) is 9.90 Å². The molecule has 23 heavy (non-hydrogen) atoms. The van der Waals surface area contributed by atoms with Gasteiger partial charge in [-0.2, -0.15) is 4.98 Å². The smallest absolute Gasteiger partial charge is 0.244 e. The first-order valence-corrected chi connectivity index (χ1v) is 8.48. The highest BCUT2D eigenvalue weighted by molar-refractivity contribution is 5.73. The molecule has 2 unspecified atom stereocenters. The van der Waals surface area contributed by atoms with Crippen molar-refractivity contribution in [3.63, 3.8) is 0 Å². The van der Waals surface area contributed by atoms with Gasteiger partial charge < -0.3 is 14.5 Å². The number of nitrogens with zero attached hydrogens (tertiary/aromatic N) is 4. The molecule has 0 bridgehead atoms. The summed E-state index contributed by atoms with van der Waals surface area (Å²) in [5.74, 6) is 1.69. The van der Waals surface area contributed by atoms with Gasteiger partial charge in [-0.05, 0) is 19.3 Å². The molecule has 3 heterocycles. The second-order valence-electron chi connectivity index (χ2n) is 6.98. The summed E-state index contributed by atoms with van der Waals surface area (Å²) < 4.78 is 5.46. The summed E-state index contributed by atoms with van der Waals surface area (Å²) in [4.78, 5) is 20.2. The van der Waals surface area contributed by atoms with Gasteiger partial charge in [-0.1, -0.05) is 19.0 Å². The van der Waals surface area contributed by atoms with E-state index < -0.39 is 0 Å². The number of likely N-dealkylation sites (tertiary alicyclic amines) is 2. The largest absolute Gasteiger partial charge is 0.392 e. The Morgan fingerprint density at radius 2 is 2.04 bits per heavy atom. The van der Waals surface area contributed by atoms with E-state index in [0.29, 0.717) is 30.7 Å². The molecule has 3 rings (SSSR count). The number of hydrogen-bond acceptors (Lipinski definition) is 6. The van der Waals surface area contributed by atoms with E-state index >= 15 is 0 Å². The molecule has 2 aliphatic rings. The quantitative estimate of drug-likeness (QED) is 0.903. The highest BCUT2D eigenvalue weighted by Gasteiger charge is 2.40. The summed E-state index contributed by atoms with van der Waals surface area (Å²) in [5.41, 5.74) is 0. The Labute approximate surface area is 136 Å². The van der Waals surface area contributed by atoms with Gasteiger partial charge in [0.05, 0.1) is 12.1 Å². The maximum Gasteiger partial charge on any atom is 0.244 e. The van der Waals surface area contributed by atoms with Crippen LogP contribution in [0.5, 0.6) is 0 Å². The second kappa shape index (κ2) is 6.57. The molecule has 0 saturated carbocycles. The zero-order valence-electron chi connectivity index (χ0n) is 14.1. The third kappa shape index (κ3) is 3.40. The van der Waals surface area contributed by atoms with Gasteiger partial charge in [0.2, 0.25) is 11.8 Å². The van der Waals surface area contributed by atoms with Crippen LogP contribution in [0, 0.1) is 0 Å². The minimum atomic E-state index is -0.361. The Morgan fingerprint density at radius 1 is 1.35 bits per heavy atom. The fraction of sp³-hybridized carbons (Fsp3) is 0.812. The molecular formula is C16H26N4O3. The number of amides is 1. The lowest BCUT2D eigenvalue weighted by molar-refractivity contribution is -0.130. The molecule has 0 aliphatic carbocycles. The van der Waals surface area contributed by atoms with Gasteiger partial charge in [0.1, 0.15) is 0 Å². The summed E-state index contributed by atoms with van der Waals surface area (Å²) in [6.07, 6.45) is 2.12. The Morgan fingerprint density at radius 3 is 2.61 bits per heavy atom. The minimum absolute atomic E-state index is 0.0149. The number of piperidine rings is 1. The number of aliphatic hydroxyl groups excluding tert-OH is 1. The topological polar surface area (TPSA) is 82.7 Å². The SMILES string of the molecule is CC(=O)N1CCC(N2CC(O)CC2c2nc(C(C)C)no2)CC1. The van der Waals surface area contributed by atoms with Gasteiger partial charge in [-0.15, -0.1) is 0 Å². The first-order chi connectivity index (χ1) is 11.0. The Kier molecular flexibility index (Phi) is 4.68. The number of rotatable bonds is 3. The molecule has 2 fully saturated rings. The third-order valence-corrected chi connectivity index (χ3v) is 4.95. The van der Waals surface area contributed by atoms with Crippen molar-refractivity contribution in [3.8, 4) is 0 Å². The van der Waals surface area contributed by atoms with Crippen molar-refractivity contribution < 1.29 is 14.4 Å². The van der Waals surface area contributed by atoms with Crippen LogP contribution in [0.3, 0.4) is 0 Å². The third-order valence-electron chi connectivity index (χ3n) is 4.95. The van der Waals surface area contributed by atoms with Crippen molar-refractivity contribution in [1.82, 2.24) is 19.9 Å². The van der Waals surface area contributed by atoms with Crippen LogP contribution >= 0.6 is 0 Å². The van der Waals surface area contributed by atoms with Crippen molar-refractivity contribution in [1.29, 1.82) is 0 Å². The highest BCUT2D eigenvalue weighted by atomic mass is 16.5. The fourth-order valence-electron chi connectivity index (χ4n) is 3.61. The molecule has 128 valence electrons. The summed E-state index contributed by atoms with van der Waals surface area (Å²) in [6.45, 7) is 7.88. The standard InChI is InChI=1S/C16H26N4O3/c1-10(2)15-17-16(23-18-15)14-8-13(22)9-20(14)12-4-6-19(7-5-12)11(3)21/h10,12-14,22H,4-9H2,1-3H3. The van der Waals surface area contributed by atoms with E-state index in [1.165, 1.54) is 0 Å². The second-order valence-corrected chi connectivity index (χ2v) is 6.98. The molecule has 1 N–H and O–H groups in total. The Bertz CT molecular complexity index is 551. The van der Waals surface area contributed by atoms with E-state index in [4.69, 9.17) is 4.52 Å². The van der Waals surface area contributed by atoms with Gasteiger partial charge >= 0.3 is 0 Å². The number of hydrogen-bond donors (Lipinski definition) is 1. The average Bonchev–Trinajstić information content (AvgIpc) is 3.13. The van der Waals surface area contributed by atoms with E-state index in [2.05, 4.69) is 15.0 Å². The van der Waals surface area contributed by atoms with Crippen LogP contribution in [-0.2, 0) is 4.79 Å². The lowest BCUT2D eigenvalue weighted by atomic mass is 10.0. The van der Waals surface area contributed by atoms with Crippen molar-refractivity contribution in [3.05, 3.63) is 11.7 Å². The van der Waals surface area contributed by atoms with Crippen LogP contribution in [0.25, 0.3) is 0 Å².